The van der Waals surface area contributed by atoms with Gasteiger partial charge in [-0.2, -0.15) is 0 Å². The third-order valence-corrected chi connectivity index (χ3v) is 5.88. The number of benzene rings is 1. The number of hydrogen-bond acceptors (Lipinski definition) is 4. The standard InChI is InChI=1S/C20H31N3O2/c1-4-22-9-11-23(12-10-22)20(19(24)21(2)13-14-25-3)15-17-7-5-6-8-18(17)16-20/h5-8H,4,9-16H2,1-3H3. The van der Waals surface area contributed by atoms with Gasteiger partial charge in [0, 0.05) is 59.7 Å². The van der Waals surface area contributed by atoms with Gasteiger partial charge < -0.3 is 14.5 Å². The highest BCUT2D eigenvalue weighted by molar-refractivity contribution is 5.88. The Balaban J connectivity index is 1.84. The second-order valence-electron chi connectivity index (χ2n) is 7.29. The van der Waals surface area contributed by atoms with Gasteiger partial charge in [0.2, 0.25) is 5.91 Å². The average molecular weight is 345 g/mol. The molecule has 0 spiro atoms. The second kappa shape index (κ2) is 7.85. The van der Waals surface area contributed by atoms with Gasteiger partial charge in [-0.05, 0) is 17.7 Å². The van der Waals surface area contributed by atoms with Crippen LogP contribution >= 0.6 is 0 Å². The van der Waals surface area contributed by atoms with Crippen LogP contribution in [-0.2, 0) is 22.4 Å². The van der Waals surface area contributed by atoms with E-state index in [-0.39, 0.29) is 5.91 Å². The minimum atomic E-state index is -0.425. The summed E-state index contributed by atoms with van der Waals surface area (Å²) in [7, 11) is 3.60. The van der Waals surface area contributed by atoms with Gasteiger partial charge >= 0.3 is 0 Å². The van der Waals surface area contributed by atoms with E-state index in [0.29, 0.717) is 13.2 Å². The maximum atomic E-state index is 13.5. The number of likely N-dealkylation sites (N-methyl/N-ethyl adjacent to an activating group) is 2. The number of carbonyl (C=O) groups is 1. The van der Waals surface area contributed by atoms with E-state index < -0.39 is 5.54 Å². The molecule has 1 amide bonds. The van der Waals surface area contributed by atoms with E-state index in [1.807, 2.05) is 11.9 Å². The molecule has 3 rings (SSSR count). The molecule has 1 saturated heterocycles. The molecule has 5 heteroatoms. The van der Waals surface area contributed by atoms with Crippen LogP contribution < -0.4 is 0 Å². The molecule has 1 aliphatic carbocycles. The summed E-state index contributed by atoms with van der Waals surface area (Å²) in [5, 5.41) is 0. The zero-order valence-electron chi connectivity index (χ0n) is 15.8. The molecular formula is C20H31N3O2. The Bertz CT molecular complexity index is 571. The highest BCUT2D eigenvalue weighted by Gasteiger charge is 2.49. The maximum absolute atomic E-state index is 13.5. The molecule has 25 heavy (non-hydrogen) atoms. The summed E-state index contributed by atoms with van der Waals surface area (Å²) >= 11 is 0. The third kappa shape index (κ3) is 3.59. The van der Waals surface area contributed by atoms with Crippen LogP contribution in [0.5, 0.6) is 0 Å². The molecule has 0 atom stereocenters. The fraction of sp³-hybridized carbons (Fsp3) is 0.650. The molecule has 0 unspecified atom stereocenters. The zero-order valence-corrected chi connectivity index (χ0v) is 15.8. The molecule has 1 aliphatic heterocycles. The van der Waals surface area contributed by atoms with Crippen LogP contribution in [-0.4, -0.2) is 86.2 Å². The topological polar surface area (TPSA) is 36.0 Å². The maximum Gasteiger partial charge on any atom is 0.243 e. The molecule has 1 aromatic carbocycles. The Kier molecular flexibility index (Phi) is 5.77. The van der Waals surface area contributed by atoms with Crippen molar-refractivity contribution in [2.75, 3.05) is 60.0 Å². The molecule has 0 bridgehead atoms. The Labute approximate surface area is 151 Å². The van der Waals surface area contributed by atoms with Crippen LogP contribution in [0.15, 0.2) is 24.3 Å². The van der Waals surface area contributed by atoms with E-state index >= 15 is 0 Å². The summed E-state index contributed by atoms with van der Waals surface area (Å²) in [6, 6.07) is 8.54. The lowest BCUT2D eigenvalue weighted by atomic mass is 9.90. The molecule has 0 aromatic heterocycles. The first kappa shape index (κ1) is 18.4. The van der Waals surface area contributed by atoms with Gasteiger partial charge in [-0.3, -0.25) is 9.69 Å². The number of nitrogens with zero attached hydrogens (tertiary/aromatic N) is 3. The van der Waals surface area contributed by atoms with Gasteiger partial charge in [0.15, 0.2) is 0 Å². The highest BCUT2D eigenvalue weighted by Crippen LogP contribution is 2.36. The monoisotopic (exact) mass is 345 g/mol. The Morgan fingerprint density at radius 2 is 1.76 bits per heavy atom. The number of rotatable bonds is 6. The van der Waals surface area contributed by atoms with Crippen LogP contribution in [0, 0.1) is 0 Å². The average Bonchev–Trinajstić information content (AvgIpc) is 3.06. The number of methoxy groups -OCH3 is 1. The number of hydrogen-bond donors (Lipinski definition) is 0. The third-order valence-electron chi connectivity index (χ3n) is 5.88. The molecule has 0 radical (unpaired) electrons. The molecular weight excluding hydrogens is 314 g/mol. The number of piperazine rings is 1. The van der Waals surface area contributed by atoms with Gasteiger partial charge in [-0.15, -0.1) is 0 Å². The Hall–Kier alpha value is -1.43. The predicted octanol–water partition coefficient (Wildman–Crippen LogP) is 1.27. The molecule has 0 saturated carbocycles. The summed E-state index contributed by atoms with van der Waals surface area (Å²) in [6.45, 7) is 8.53. The smallest absolute Gasteiger partial charge is 0.243 e. The van der Waals surface area contributed by atoms with E-state index in [1.54, 1.807) is 7.11 Å². The molecule has 138 valence electrons. The predicted molar refractivity (Wildman–Crippen MR) is 99.8 cm³/mol. The van der Waals surface area contributed by atoms with E-state index in [9.17, 15) is 4.79 Å². The number of amides is 1. The quantitative estimate of drug-likeness (QED) is 0.778. The van der Waals surface area contributed by atoms with Crippen LogP contribution in [0.3, 0.4) is 0 Å². The first-order valence-electron chi connectivity index (χ1n) is 9.39. The van der Waals surface area contributed by atoms with Crippen molar-refractivity contribution < 1.29 is 9.53 Å². The fourth-order valence-corrected chi connectivity index (χ4v) is 4.28. The number of carbonyl (C=O) groups excluding carboxylic acids is 1. The lowest BCUT2D eigenvalue weighted by Gasteiger charge is -2.46. The van der Waals surface area contributed by atoms with Crippen molar-refractivity contribution >= 4 is 5.91 Å². The Morgan fingerprint density at radius 3 is 2.28 bits per heavy atom. The van der Waals surface area contributed by atoms with Crippen molar-refractivity contribution in [3.05, 3.63) is 35.4 Å². The first-order chi connectivity index (χ1) is 12.1. The summed E-state index contributed by atoms with van der Waals surface area (Å²) in [5.74, 6) is 0.241. The number of fused-ring (bicyclic) bond motifs is 1. The molecule has 1 fully saturated rings. The van der Waals surface area contributed by atoms with Gasteiger partial charge in [0.25, 0.3) is 0 Å². The van der Waals surface area contributed by atoms with Crippen molar-refractivity contribution in [1.29, 1.82) is 0 Å². The fourth-order valence-electron chi connectivity index (χ4n) is 4.28. The van der Waals surface area contributed by atoms with Gasteiger partial charge in [0.1, 0.15) is 5.54 Å². The Morgan fingerprint density at radius 1 is 1.16 bits per heavy atom. The minimum Gasteiger partial charge on any atom is -0.383 e. The van der Waals surface area contributed by atoms with Gasteiger partial charge in [-0.25, -0.2) is 0 Å². The normalized spacial score (nSPS) is 20.4. The zero-order chi connectivity index (χ0) is 17.9. The second-order valence-corrected chi connectivity index (χ2v) is 7.29. The van der Waals surface area contributed by atoms with Crippen molar-refractivity contribution in [2.24, 2.45) is 0 Å². The van der Waals surface area contributed by atoms with Gasteiger partial charge in [0.05, 0.1) is 6.61 Å². The van der Waals surface area contributed by atoms with Crippen LogP contribution in [0.1, 0.15) is 18.1 Å². The highest BCUT2D eigenvalue weighted by atomic mass is 16.5. The lowest BCUT2D eigenvalue weighted by Crippen LogP contribution is -2.64. The van der Waals surface area contributed by atoms with Crippen LogP contribution in [0.25, 0.3) is 0 Å². The molecule has 5 nitrogen and oxygen atoms in total. The minimum absolute atomic E-state index is 0.241. The molecule has 1 aromatic rings. The van der Waals surface area contributed by atoms with Gasteiger partial charge in [-0.1, -0.05) is 31.2 Å². The summed E-state index contributed by atoms with van der Waals surface area (Å²) in [5.41, 5.74) is 2.23. The van der Waals surface area contributed by atoms with E-state index in [4.69, 9.17) is 4.74 Å². The van der Waals surface area contributed by atoms with E-state index in [2.05, 4.69) is 41.0 Å². The van der Waals surface area contributed by atoms with Crippen molar-refractivity contribution in [2.45, 2.75) is 25.3 Å². The van der Waals surface area contributed by atoms with Crippen LogP contribution in [0.4, 0.5) is 0 Å². The number of ether oxygens (including phenoxy) is 1. The van der Waals surface area contributed by atoms with Crippen molar-refractivity contribution in [3.63, 3.8) is 0 Å². The molecule has 2 aliphatic rings. The molecule has 1 heterocycles. The summed E-state index contributed by atoms with van der Waals surface area (Å²) in [6.07, 6.45) is 1.65. The van der Waals surface area contributed by atoms with Crippen molar-refractivity contribution in [3.8, 4) is 0 Å². The lowest BCUT2D eigenvalue weighted by molar-refractivity contribution is -0.145. The van der Waals surface area contributed by atoms with Crippen molar-refractivity contribution in [1.82, 2.24) is 14.7 Å². The first-order valence-corrected chi connectivity index (χ1v) is 9.39. The van der Waals surface area contributed by atoms with Crippen LogP contribution in [0.2, 0.25) is 0 Å². The molecule has 0 N–H and O–H groups in total. The summed E-state index contributed by atoms with van der Waals surface area (Å²) in [4.78, 5) is 20.3. The SMILES string of the molecule is CCN1CCN(C2(C(=O)N(C)CCOC)Cc3ccccc3C2)CC1. The summed E-state index contributed by atoms with van der Waals surface area (Å²) < 4.78 is 5.18. The largest absolute Gasteiger partial charge is 0.383 e. The van der Waals surface area contributed by atoms with E-state index in [0.717, 1.165) is 45.6 Å². The van der Waals surface area contributed by atoms with E-state index in [1.165, 1.54) is 11.1 Å².